The van der Waals surface area contributed by atoms with E-state index >= 15 is 0 Å². The Bertz CT molecular complexity index is 1150. The molecule has 4 atom stereocenters. The third kappa shape index (κ3) is 9.59. The second-order valence-corrected chi connectivity index (χ2v) is 15.6. The van der Waals surface area contributed by atoms with E-state index in [9.17, 15) is 19.5 Å². The van der Waals surface area contributed by atoms with E-state index in [-0.39, 0.29) is 35.7 Å². The number of aliphatic carboxylic acids is 1. The molecule has 1 aromatic heterocycles. The molecule has 4 unspecified atom stereocenters. The highest BCUT2D eigenvalue weighted by atomic mass is 16.7. The smallest absolute Gasteiger partial charge is 0.315 e. The minimum Gasteiger partial charge on any atom is -0.481 e. The Kier molecular flexibility index (Phi) is 12.8. The average Bonchev–Trinajstić information content (AvgIpc) is 3.49. The number of aromatic nitrogens is 1. The van der Waals surface area contributed by atoms with Crippen LogP contribution in [0.4, 0.5) is 4.79 Å². The first kappa shape index (κ1) is 36.4. The number of carboxylic acid groups (broad SMARTS) is 1. The van der Waals surface area contributed by atoms with Crippen molar-refractivity contribution in [1.29, 1.82) is 0 Å². The molecule has 0 aromatic carbocycles. The van der Waals surface area contributed by atoms with Gasteiger partial charge in [0, 0.05) is 40.4 Å². The lowest BCUT2D eigenvalue weighted by atomic mass is 9.72. The first-order chi connectivity index (χ1) is 21.9. The Balaban J connectivity index is 1.51. The van der Waals surface area contributed by atoms with Crippen molar-refractivity contribution in [2.45, 2.75) is 173 Å². The van der Waals surface area contributed by atoms with Crippen LogP contribution < -0.4 is 10.6 Å². The second-order valence-electron chi connectivity index (χ2n) is 15.6. The van der Waals surface area contributed by atoms with Crippen LogP contribution in [0.3, 0.4) is 0 Å². The van der Waals surface area contributed by atoms with Crippen LogP contribution in [0.2, 0.25) is 0 Å². The summed E-state index contributed by atoms with van der Waals surface area (Å²) in [4.78, 5) is 43.4. The average molecular weight is 644 g/mol. The van der Waals surface area contributed by atoms with Gasteiger partial charge in [-0.1, -0.05) is 91.4 Å². The molecule has 0 radical (unpaired) electrons. The zero-order valence-electron chi connectivity index (χ0n) is 29.2. The third-order valence-corrected chi connectivity index (χ3v) is 10.8. The standard InChI is InChI=1S/C37H61N3O6/c1-6-7-8-9-10-14-20-37(21-15-11-16-22-37)40-34(44)39-29-18-13-12-17-26(29)28(24-30(41)42)31-27(19-23-38-31)32(43)33-35(2,3)25-45-36(4,5)46-33/h19,23,26,28-29,33,38H,6-18,20-22,24-25H2,1-5H3,(H,41,42)(H2,39,40,44). The summed E-state index contributed by atoms with van der Waals surface area (Å²) in [6, 6.07) is 1.43. The summed E-state index contributed by atoms with van der Waals surface area (Å²) in [6.07, 6.45) is 18.3. The van der Waals surface area contributed by atoms with E-state index in [1.54, 1.807) is 12.3 Å². The van der Waals surface area contributed by atoms with Crippen LogP contribution in [-0.2, 0) is 14.3 Å². The van der Waals surface area contributed by atoms with Gasteiger partial charge in [0.15, 0.2) is 11.6 Å². The number of ether oxygens (including phenoxy) is 2. The van der Waals surface area contributed by atoms with Crippen LogP contribution in [0, 0.1) is 11.3 Å². The number of unbranched alkanes of at least 4 members (excludes halogenated alkanes) is 5. The molecule has 1 aromatic rings. The van der Waals surface area contributed by atoms with E-state index in [0.717, 1.165) is 64.2 Å². The molecular weight excluding hydrogens is 582 g/mol. The number of nitrogens with one attached hydrogen (secondary N) is 3. The molecule has 260 valence electrons. The van der Waals surface area contributed by atoms with Crippen molar-refractivity contribution >= 4 is 17.8 Å². The number of hydrogen-bond donors (Lipinski definition) is 4. The molecule has 9 heteroatoms. The van der Waals surface area contributed by atoms with Crippen molar-refractivity contribution in [3.8, 4) is 0 Å². The summed E-state index contributed by atoms with van der Waals surface area (Å²) >= 11 is 0. The summed E-state index contributed by atoms with van der Waals surface area (Å²) in [5.41, 5.74) is 0.375. The highest BCUT2D eigenvalue weighted by molar-refractivity contribution is 6.01. The number of carboxylic acids is 1. The van der Waals surface area contributed by atoms with Crippen LogP contribution in [0.25, 0.3) is 0 Å². The van der Waals surface area contributed by atoms with Crippen molar-refractivity contribution in [3.05, 3.63) is 23.5 Å². The zero-order chi connectivity index (χ0) is 33.4. The number of ketones is 1. The van der Waals surface area contributed by atoms with E-state index in [1.165, 1.54) is 38.5 Å². The Morgan fingerprint density at radius 1 is 0.978 bits per heavy atom. The number of amides is 2. The lowest BCUT2D eigenvalue weighted by Gasteiger charge is -2.45. The van der Waals surface area contributed by atoms with Crippen molar-refractivity contribution in [1.82, 2.24) is 15.6 Å². The first-order valence-corrected chi connectivity index (χ1v) is 18.2. The van der Waals surface area contributed by atoms with E-state index in [0.29, 0.717) is 17.9 Å². The number of hydrogen-bond acceptors (Lipinski definition) is 5. The largest absolute Gasteiger partial charge is 0.481 e. The fourth-order valence-electron chi connectivity index (χ4n) is 8.20. The molecule has 2 amide bonds. The van der Waals surface area contributed by atoms with Crippen molar-refractivity contribution in [3.63, 3.8) is 0 Å². The molecule has 4 rings (SSSR count). The van der Waals surface area contributed by atoms with Crippen LogP contribution in [-0.4, -0.2) is 58.0 Å². The monoisotopic (exact) mass is 643 g/mol. The maximum absolute atomic E-state index is 14.1. The normalized spacial score (nSPS) is 26.2. The predicted octanol–water partition coefficient (Wildman–Crippen LogP) is 8.24. The van der Waals surface area contributed by atoms with Gasteiger partial charge >= 0.3 is 12.0 Å². The Hall–Kier alpha value is -2.39. The van der Waals surface area contributed by atoms with Gasteiger partial charge in [0.2, 0.25) is 0 Å². The molecule has 2 heterocycles. The quantitative estimate of drug-likeness (QED) is 0.113. The van der Waals surface area contributed by atoms with E-state index < -0.39 is 29.2 Å². The summed E-state index contributed by atoms with van der Waals surface area (Å²) < 4.78 is 12.0. The molecule has 1 saturated heterocycles. The minimum atomic E-state index is -0.921. The van der Waals surface area contributed by atoms with Gasteiger partial charge in [-0.3, -0.25) is 9.59 Å². The second kappa shape index (κ2) is 16.1. The molecule has 3 fully saturated rings. The van der Waals surface area contributed by atoms with Gasteiger partial charge in [-0.15, -0.1) is 0 Å². The number of urea groups is 1. The zero-order valence-corrected chi connectivity index (χ0v) is 29.2. The number of Topliss-reactive ketones (excluding diaryl/α,β-unsaturated/α-hetero) is 1. The maximum atomic E-state index is 14.1. The SMILES string of the molecule is CCCCCCCCC1(NC(=O)NC2CCCCC2C(CC(=O)O)c2[nH]ccc2C(=O)C2OC(C)(C)OCC2(C)C)CCCCC1. The number of carbonyl (C=O) groups is 3. The van der Waals surface area contributed by atoms with Crippen LogP contribution in [0.1, 0.15) is 166 Å². The van der Waals surface area contributed by atoms with E-state index in [1.807, 2.05) is 27.7 Å². The van der Waals surface area contributed by atoms with Crippen LogP contribution in [0.5, 0.6) is 0 Å². The Labute approximate surface area is 276 Å². The van der Waals surface area contributed by atoms with Gasteiger partial charge in [0.25, 0.3) is 0 Å². The minimum absolute atomic E-state index is 0.123. The summed E-state index contributed by atoms with van der Waals surface area (Å²) in [6.45, 7) is 10.1. The topological polar surface area (TPSA) is 130 Å². The van der Waals surface area contributed by atoms with Crippen molar-refractivity contribution in [2.75, 3.05) is 6.61 Å². The molecule has 4 N–H and O–H groups in total. The van der Waals surface area contributed by atoms with Gasteiger partial charge in [-0.25, -0.2) is 4.79 Å². The Morgan fingerprint density at radius 3 is 2.39 bits per heavy atom. The third-order valence-electron chi connectivity index (χ3n) is 10.8. The van der Waals surface area contributed by atoms with Gasteiger partial charge < -0.3 is 30.2 Å². The molecular formula is C37H61N3O6. The summed E-state index contributed by atoms with van der Waals surface area (Å²) in [5, 5.41) is 16.8. The lowest BCUT2D eigenvalue weighted by Crippen LogP contribution is -2.56. The number of aromatic amines is 1. The highest BCUT2D eigenvalue weighted by Crippen LogP contribution is 2.42. The van der Waals surface area contributed by atoms with E-state index in [4.69, 9.17) is 9.47 Å². The molecule has 1 aliphatic heterocycles. The maximum Gasteiger partial charge on any atom is 0.315 e. The summed E-state index contributed by atoms with van der Waals surface area (Å²) in [5.74, 6) is -2.57. The van der Waals surface area contributed by atoms with Crippen molar-refractivity contribution in [2.24, 2.45) is 11.3 Å². The molecule has 0 spiro atoms. The van der Waals surface area contributed by atoms with Gasteiger partial charge in [0.1, 0.15) is 6.10 Å². The molecule has 2 aliphatic carbocycles. The van der Waals surface area contributed by atoms with Gasteiger partial charge in [-0.05, 0) is 57.9 Å². The van der Waals surface area contributed by atoms with Crippen LogP contribution in [0.15, 0.2) is 12.3 Å². The number of rotatable bonds is 15. The number of carbonyl (C=O) groups excluding carboxylic acids is 2. The fourth-order valence-corrected chi connectivity index (χ4v) is 8.20. The van der Waals surface area contributed by atoms with Gasteiger partial charge in [0.05, 0.1) is 13.0 Å². The Morgan fingerprint density at radius 2 is 1.67 bits per heavy atom. The van der Waals surface area contributed by atoms with E-state index in [2.05, 4.69) is 22.5 Å². The molecule has 9 nitrogen and oxygen atoms in total. The molecule has 46 heavy (non-hydrogen) atoms. The summed E-state index contributed by atoms with van der Waals surface area (Å²) in [7, 11) is 0. The highest BCUT2D eigenvalue weighted by Gasteiger charge is 2.47. The van der Waals surface area contributed by atoms with Crippen molar-refractivity contribution < 1.29 is 29.0 Å². The lowest BCUT2D eigenvalue weighted by molar-refractivity contribution is -0.298. The van der Waals surface area contributed by atoms with Gasteiger partial charge in [-0.2, -0.15) is 0 Å². The van der Waals surface area contributed by atoms with Crippen LogP contribution >= 0.6 is 0 Å². The predicted molar refractivity (Wildman–Crippen MR) is 180 cm³/mol. The first-order valence-electron chi connectivity index (χ1n) is 18.2. The molecule has 3 aliphatic rings. The molecule has 2 saturated carbocycles. The number of H-pyrrole nitrogens is 1. The fraction of sp³-hybridized carbons (Fsp3) is 0.811. The molecule has 0 bridgehead atoms.